The van der Waals surface area contributed by atoms with Crippen LogP contribution in [-0.4, -0.2) is 30.2 Å². The van der Waals surface area contributed by atoms with E-state index in [1.54, 1.807) is 20.0 Å². The third-order valence-corrected chi connectivity index (χ3v) is 6.81. The lowest BCUT2D eigenvalue weighted by Gasteiger charge is -2.08. The summed E-state index contributed by atoms with van der Waals surface area (Å²) in [6, 6.07) is 5.84. The van der Waals surface area contributed by atoms with Crippen LogP contribution in [-0.2, 0) is 21.1 Å². The number of ketones is 1. The van der Waals surface area contributed by atoms with Crippen molar-refractivity contribution in [3.63, 3.8) is 0 Å². The summed E-state index contributed by atoms with van der Waals surface area (Å²) in [7, 11) is -2.97. The van der Waals surface area contributed by atoms with E-state index < -0.39 is 9.84 Å². The zero-order chi connectivity index (χ0) is 19.2. The van der Waals surface area contributed by atoms with Crippen LogP contribution in [0.4, 0.5) is 0 Å². The van der Waals surface area contributed by atoms with Gasteiger partial charge in [-0.05, 0) is 56.9 Å². The molecule has 0 aliphatic rings. The van der Waals surface area contributed by atoms with Crippen LogP contribution in [0.15, 0.2) is 35.1 Å². The van der Waals surface area contributed by atoms with Crippen LogP contribution in [0.2, 0.25) is 0 Å². The average molecular weight is 378 g/mol. The third kappa shape index (κ3) is 5.80. The molecule has 0 fully saturated rings. The first-order valence-electron chi connectivity index (χ1n) is 9.02. The van der Waals surface area contributed by atoms with E-state index in [1.807, 2.05) is 25.1 Å². The molecule has 0 N–H and O–H groups in total. The molecular weight excluding hydrogens is 350 g/mol. The molecule has 0 bridgehead atoms. The largest absolute Gasteiger partial charge is 0.445 e. The number of oxazole rings is 1. The van der Waals surface area contributed by atoms with Crippen LogP contribution in [0.1, 0.15) is 50.7 Å². The number of hydrogen-bond donors (Lipinski definition) is 0. The summed E-state index contributed by atoms with van der Waals surface area (Å²) in [4.78, 5) is 16.3. The summed E-state index contributed by atoms with van der Waals surface area (Å²) in [5, 5.41) is -0.327. The summed E-state index contributed by atoms with van der Waals surface area (Å²) < 4.78 is 28.8. The predicted molar refractivity (Wildman–Crippen MR) is 103 cm³/mol. The molecule has 2 aromatic rings. The maximum absolute atomic E-state index is 12.2. The molecule has 26 heavy (non-hydrogen) atoms. The van der Waals surface area contributed by atoms with E-state index in [9.17, 15) is 13.2 Å². The fourth-order valence-electron chi connectivity index (χ4n) is 2.73. The van der Waals surface area contributed by atoms with Crippen LogP contribution in [0.3, 0.4) is 0 Å². The second-order valence-electron chi connectivity index (χ2n) is 6.92. The highest BCUT2D eigenvalue weighted by Crippen LogP contribution is 2.21. The lowest BCUT2D eigenvalue weighted by Crippen LogP contribution is -2.17. The number of carbonyl (C=O) groups is 1. The molecule has 0 aliphatic heterocycles. The molecule has 0 spiro atoms. The maximum Gasteiger partial charge on any atom is 0.225 e. The number of sulfone groups is 1. The molecule has 0 amide bonds. The van der Waals surface area contributed by atoms with Crippen molar-refractivity contribution >= 4 is 15.6 Å². The van der Waals surface area contributed by atoms with Crippen LogP contribution < -0.4 is 0 Å². The van der Waals surface area contributed by atoms with Gasteiger partial charge in [0.15, 0.2) is 9.84 Å². The van der Waals surface area contributed by atoms with Gasteiger partial charge in [0.2, 0.25) is 5.89 Å². The molecule has 5 nitrogen and oxygen atoms in total. The molecule has 2 rings (SSSR count). The summed E-state index contributed by atoms with van der Waals surface area (Å²) in [5.74, 6) is 0.964. The quantitative estimate of drug-likeness (QED) is 0.581. The number of nitrogens with zero attached hydrogens (tertiary/aromatic N) is 1. The second-order valence-corrected chi connectivity index (χ2v) is 9.60. The van der Waals surface area contributed by atoms with E-state index in [2.05, 4.69) is 4.98 Å². The molecule has 142 valence electrons. The summed E-state index contributed by atoms with van der Waals surface area (Å²) in [6.07, 6.45) is 6.16. The summed E-state index contributed by atoms with van der Waals surface area (Å²) in [5.41, 5.74) is 2.94. The van der Waals surface area contributed by atoms with Crippen molar-refractivity contribution in [3.05, 3.63) is 41.8 Å². The predicted octanol–water partition coefficient (Wildman–Crippen LogP) is 4.15. The topological polar surface area (TPSA) is 77.2 Å². The number of unbranched alkanes of at least 4 members (excludes halogenated alkanes) is 2. The highest BCUT2D eigenvalue weighted by molar-refractivity contribution is 7.91. The van der Waals surface area contributed by atoms with Gasteiger partial charge in [0, 0.05) is 18.4 Å². The van der Waals surface area contributed by atoms with Crippen molar-refractivity contribution in [3.8, 4) is 11.5 Å². The summed E-state index contributed by atoms with van der Waals surface area (Å²) >= 11 is 0. The van der Waals surface area contributed by atoms with Gasteiger partial charge < -0.3 is 4.42 Å². The Bertz CT molecular complexity index is 824. The van der Waals surface area contributed by atoms with Crippen LogP contribution in [0.25, 0.3) is 11.5 Å². The lowest BCUT2D eigenvalue weighted by molar-refractivity contribution is -0.118. The Kier molecular flexibility index (Phi) is 7.14. The van der Waals surface area contributed by atoms with Crippen molar-refractivity contribution in [2.75, 3.05) is 5.75 Å². The van der Waals surface area contributed by atoms with Gasteiger partial charge in [-0.1, -0.05) is 12.5 Å². The van der Waals surface area contributed by atoms with Gasteiger partial charge in [0.1, 0.15) is 12.0 Å². The standard InChI is InChI=1S/C20H27NO4S/c1-15(2)26(23,24)12-6-4-5-7-19(22)14-17-8-9-18(13-16(17)3)20-21-10-11-25-20/h8-11,13,15H,4-7,12,14H2,1-3H3. The fourth-order valence-corrected chi connectivity index (χ4v) is 3.81. The van der Waals surface area contributed by atoms with Gasteiger partial charge in [-0.2, -0.15) is 0 Å². The van der Waals surface area contributed by atoms with E-state index in [-0.39, 0.29) is 16.8 Å². The highest BCUT2D eigenvalue weighted by atomic mass is 32.2. The molecule has 1 heterocycles. The van der Waals surface area contributed by atoms with Crippen molar-refractivity contribution in [1.82, 2.24) is 4.98 Å². The molecule has 1 aromatic carbocycles. The van der Waals surface area contributed by atoms with E-state index in [0.29, 0.717) is 25.2 Å². The zero-order valence-electron chi connectivity index (χ0n) is 15.7. The number of aromatic nitrogens is 1. The van der Waals surface area contributed by atoms with Crippen LogP contribution >= 0.6 is 0 Å². The smallest absolute Gasteiger partial charge is 0.225 e. The number of aryl methyl sites for hydroxylation is 1. The minimum absolute atomic E-state index is 0.184. The van der Waals surface area contributed by atoms with E-state index in [4.69, 9.17) is 4.42 Å². The first-order valence-corrected chi connectivity index (χ1v) is 10.7. The Morgan fingerprint density at radius 1 is 1.19 bits per heavy atom. The van der Waals surface area contributed by atoms with Gasteiger partial charge in [0.05, 0.1) is 17.2 Å². The Balaban J connectivity index is 1.78. The maximum atomic E-state index is 12.2. The number of benzene rings is 1. The Hall–Kier alpha value is -1.95. The molecule has 0 unspecified atom stereocenters. The number of rotatable bonds is 10. The van der Waals surface area contributed by atoms with Gasteiger partial charge in [-0.25, -0.2) is 13.4 Å². The van der Waals surface area contributed by atoms with E-state index in [1.165, 1.54) is 6.26 Å². The van der Waals surface area contributed by atoms with Gasteiger partial charge in [-0.3, -0.25) is 4.79 Å². The van der Waals surface area contributed by atoms with Crippen molar-refractivity contribution in [2.45, 2.75) is 58.1 Å². The van der Waals surface area contributed by atoms with Crippen molar-refractivity contribution in [2.24, 2.45) is 0 Å². The minimum Gasteiger partial charge on any atom is -0.445 e. The summed E-state index contributed by atoms with van der Waals surface area (Å²) in [6.45, 7) is 5.38. The molecule has 0 saturated carbocycles. The van der Waals surface area contributed by atoms with Crippen LogP contribution in [0, 0.1) is 6.92 Å². The monoisotopic (exact) mass is 377 g/mol. The normalized spacial score (nSPS) is 11.8. The Morgan fingerprint density at radius 3 is 2.58 bits per heavy atom. The lowest BCUT2D eigenvalue weighted by atomic mass is 9.98. The molecule has 0 radical (unpaired) electrons. The highest BCUT2D eigenvalue weighted by Gasteiger charge is 2.15. The third-order valence-electron chi connectivity index (χ3n) is 4.51. The SMILES string of the molecule is Cc1cc(-c2ncco2)ccc1CC(=O)CCCCCS(=O)(=O)C(C)C. The molecule has 0 aliphatic carbocycles. The van der Waals surface area contributed by atoms with Crippen molar-refractivity contribution < 1.29 is 17.6 Å². The second kappa shape index (κ2) is 9.12. The van der Waals surface area contributed by atoms with Gasteiger partial charge in [-0.15, -0.1) is 0 Å². The first kappa shape index (κ1) is 20.4. The van der Waals surface area contributed by atoms with E-state index >= 15 is 0 Å². The number of carbonyl (C=O) groups excluding carboxylic acids is 1. The molecule has 0 atom stereocenters. The number of hydrogen-bond acceptors (Lipinski definition) is 5. The Morgan fingerprint density at radius 2 is 1.96 bits per heavy atom. The van der Waals surface area contributed by atoms with E-state index in [0.717, 1.165) is 29.5 Å². The van der Waals surface area contributed by atoms with Gasteiger partial charge >= 0.3 is 0 Å². The molecule has 6 heteroatoms. The van der Waals surface area contributed by atoms with Crippen molar-refractivity contribution in [1.29, 1.82) is 0 Å². The molecular formula is C20H27NO4S. The first-order chi connectivity index (χ1) is 12.3. The Labute approximate surface area is 155 Å². The average Bonchev–Trinajstić information content (AvgIpc) is 3.10. The van der Waals surface area contributed by atoms with Crippen LogP contribution in [0.5, 0.6) is 0 Å². The van der Waals surface area contributed by atoms with Gasteiger partial charge in [0.25, 0.3) is 0 Å². The minimum atomic E-state index is -2.97. The zero-order valence-corrected chi connectivity index (χ0v) is 16.5. The molecule has 1 aromatic heterocycles. The molecule has 0 saturated heterocycles. The fraction of sp³-hybridized carbons (Fsp3) is 0.500. The number of Topliss-reactive ketones (excluding diaryl/α,β-unsaturated/α-hetero) is 1.